The van der Waals surface area contributed by atoms with Crippen LogP contribution in [0.1, 0.15) is 22.8 Å². The number of hydrogen-bond donors (Lipinski definition) is 0. The highest BCUT2D eigenvalue weighted by Gasteiger charge is 2.59. The van der Waals surface area contributed by atoms with Crippen LogP contribution in [0.3, 0.4) is 0 Å². The highest BCUT2D eigenvalue weighted by Crippen LogP contribution is 2.59. The fourth-order valence-electron chi connectivity index (χ4n) is 5.36. The summed E-state index contributed by atoms with van der Waals surface area (Å²) < 4.78 is 33.2. The van der Waals surface area contributed by atoms with Crippen LogP contribution in [-0.2, 0) is 33.1 Å². The lowest BCUT2D eigenvalue weighted by Crippen LogP contribution is -2.30. The van der Waals surface area contributed by atoms with E-state index in [-0.39, 0.29) is 18.5 Å². The van der Waals surface area contributed by atoms with E-state index in [4.69, 9.17) is 42.3 Å². The molecule has 1 aliphatic rings. The number of carbonyl (C=O) groups is 1. The number of carbonyl (C=O) groups excluding carboxylic acids is 1. The number of hydroxylamine groups is 1. The Hall–Kier alpha value is -5.27. The molecule has 1 aliphatic heterocycles. The number of epoxide rings is 1. The van der Waals surface area contributed by atoms with Crippen LogP contribution >= 0.6 is 23.2 Å². The number of nitrogens with zero attached hydrogens (tertiary/aromatic N) is 6. The number of rotatable bonds is 10. The van der Waals surface area contributed by atoms with Crippen molar-refractivity contribution in [3.05, 3.63) is 155 Å². The lowest BCUT2D eigenvalue weighted by molar-refractivity contribution is 0.115. The molecule has 11 nitrogen and oxygen atoms in total. The topological polar surface area (TPSA) is 109 Å². The SMILES string of the molecule is COC(=O)N(OC)c1ccccc1COc1ccn(-c2ccc(Cl)cc2)n1.Fc1ccc(C2(Cn3cncn3)OC2c2ccccc2Cl)cc1. The van der Waals surface area contributed by atoms with E-state index in [9.17, 15) is 9.18 Å². The zero-order chi connectivity index (χ0) is 35.1. The van der Waals surface area contributed by atoms with Crippen LogP contribution in [0.5, 0.6) is 5.88 Å². The van der Waals surface area contributed by atoms with Crippen molar-refractivity contribution in [3.8, 4) is 11.6 Å². The Labute approximate surface area is 297 Å². The first kappa shape index (κ1) is 34.6. The van der Waals surface area contributed by atoms with Crippen LogP contribution in [0.2, 0.25) is 10.0 Å². The molecule has 0 spiro atoms. The van der Waals surface area contributed by atoms with Gasteiger partial charge in [0.1, 0.15) is 36.8 Å². The van der Waals surface area contributed by atoms with Gasteiger partial charge in [-0.2, -0.15) is 10.2 Å². The predicted octanol–water partition coefficient (Wildman–Crippen LogP) is 7.98. The van der Waals surface area contributed by atoms with Crippen molar-refractivity contribution in [1.29, 1.82) is 0 Å². The van der Waals surface area contributed by atoms with Crippen LogP contribution < -0.4 is 9.80 Å². The average Bonchev–Trinajstić information content (AvgIpc) is 3.41. The Balaban J connectivity index is 0.000000175. The van der Waals surface area contributed by atoms with E-state index in [1.165, 1.54) is 32.7 Å². The lowest BCUT2D eigenvalue weighted by Gasteiger charge is -2.20. The van der Waals surface area contributed by atoms with Gasteiger partial charge >= 0.3 is 6.09 Å². The van der Waals surface area contributed by atoms with E-state index in [0.717, 1.165) is 27.4 Å². The van der Waals surface area contributed by atoms with Gasteiger partial charge in [-0.25, -0.2) is 23.5 Å². The molecule has 0 radical (unpaired) electrons. The number of methoxy groups -OCH3 is 1. The average molecular weight is 718 g/mol. The maximum Gasteiger partial charge on any atom is 0.438 e. The summed E-state index contributed by atoms with van der Waals surface area (Å²) in [6, 6.07) is 30.2. The smallest absolute Gasteiger partial charge is 0.438 e. The lowest BCUT2D eigenvalue weighted by atomic mass is 9.91. The summed E-state index contributed by atoms with van der Waals surface area (Å²) in [5, 5.41) is 10.9. The number of benzene rings is 4. The molecule has 0 bridgehead atoms. The summed E-state index contributed by atoms with van der Waals surface area (Å²) >= 11 is 12.2. The van der Waals surface area contributed by atoms with Gasteiger partial charge in [-0.1, -0.05) is 71.7 Å². The molecule has 0 aliphatic carbocycles. The summed E-state index contributed by atoms with van der Waals surface area (Å²) in [6.07, 6.45) is 4.07. The van der Waals surface area contributed by atoms with Crippen molar-refractivity contribution in [2.75, 3.05) is 19.3 Å². The third kappa shape index (κ3) is 7.79. The Bertz CT molecular complexity index is 2030. The van der Waals surface area contributed by atoms with E-state index < -0.39 is 11.7 Å². The van der Waals surface area contributed by atoms with Crippen molar-refractivity contribution in [3.63, 3.8) is 0 Å². The molecule has 1 fully saturated rings. The van der Waals surface area contributed by atoms with Crippen molar-refractivity contribution >= 4 is 35.0 Å². The molecular weight excluding hydrogens is 686 g/mol. The van der Waals surface area contributed by atoms with Crippen LogP contribution in [0, 0.1) is 5.82 Å². The second-order valence-corrected chi connectivity index (χ2v) is 11.8. The fourth-order valence-corrected chi connectivity index (χ4v) is 5.72. The maximum absolute atomic E-state index is 13.3. The Morgan fingerprint density at radius 1 is 0.960 bits per heavy atom. The molecule has 50 heavy (non-hydrogen) atoms. The minimum Gasteiger partial charge on any atom is -0.472 e. The molecule has 3 heterocycles. The quantitative estimate of drug-likeness (QED) is 0.104. The first-order chi connectivity index (χ1) is 24.3. The van der Waals surface area contributed by atoms with E-state index in [0.29, 0.717) is 28.2 Å². The molecule has 256 valence electrons. The van der Waals surface area contributed by atoms with Gasteiger partial charge in [0.25, 0.3) is 0 Å². The highest BCUT2D eigenvalue weighted by molar-refractivity contribution is 6.31. The molecule has 1 amide bonds. The van der Waals surface area contributed by atoms with Crippen LogP contribution in [0.15, 0.2) is 122 Å². The zero-order valence-corrected chi connectivity index (χ0v) is 28.4. The highest BCUT2D eigenvalue weighted by atomic mass is 35.5. The Morgan fingerprint density at radius 3 is 2.40 bits per heavy atom. The van der Waals surface area contributed by atoms with Crippen LogP contribution in [-0.4, -0.2) is 44.9 Å². The van der Waals surface area contributed by atoms with Gasteiger partial charge in [-0.05, 0) is 54.1 Å². The number of halogens is 3. The van der Waals surface area contributed by atoms with Crippen molar-refractivity contribution in [2.24, 2.45) is 0 Å². The van der Waals surface area contributed by atoms with Crippen molar-refractivity contribution in [1.82, 2.24) is 24.5 Å². The third-order valence-corrected chi connectivity index (χ3v) is 8.44. The minimum absolute atomic E-state index is 0.199. The number of amides is 1. The fraction of sp³-hybridized carbons (Fsp3) is 0.167. The molecule has 2 aromatic heterocycles. The molecule has 1 saturated heterocycles. The summed E-state index contributed by atoms with van der Waals surface area (Å²) in [4.78, 5) is 21.0. The monoisotopic (exact) mass is 716 g/mol. The van der Waals surface area contributed by atoms with Crippen LogP contribution in [0.4, 0.5) is 14.9 Å². The number of aromatic nitrogens is 5. The third-order valence-electron chi connectivity index (χ3n) is 7.84. The van der Waals surface area contributed by atoms with E-state index in [1.54, 1.807) is 64.4 Å². The van der Waals surface area contributed by atoms with Gasteiger partial charge in [0.2, 0.25) is 5.88 Å². The van der Waals surface area contributed by atoms with Gasteiger partial charge in [0.05, 0.1) is 32.1 Å². The standard InChI is InChI=1S/C19H18ClN3O4.C17H13ClFN3O/c1-25-19(24)23(26-2)17-6-4-3-5-14(17)13-27-18-11-12-22(21-18)16-9-7-15(20)8-10-16;18-15-4-2-1-3-14(15)16-17(23-16,9-22-11-20-10-21-22)12-5-7-13(19)8-6-12/h3-12H,13H2,1-2H3;1-8,10-11,16H,9H2. The van der Waals surface area contributed by atoms with Crippen LogP contribution in [0.25, 0.3) is 5.69 Å². The van der Waals surface area contributed by atoms with Gasteiger partial charge in [-0.15, -0.1) is 5.10 Å². The van der Waals surface area contributed by atoms with Crippen molar-refractivity contribution < 1.29 is 28.2 Å². The molecule has 7 rings (SSSR count). The van der Waals surface area contributed by atoms with Gasteiger partial charge in [0, 0.05) is 33.4 Å². The second-order valence-electron chi connectivity index (χ2n) is 10.9. The normalized spacial score (nSPS) is 16.2. The maximum atomic E-state index is 13.3. The minimum atomic E-state index is -0.628. The van der Waals surface area contributed by atoms with E-state index >= 15 is 0 Å². The first-order valence-corrected chi connectivity index (χ1v) is 16.0. The predicted molar refractivity (Wildman–Crippen MR) is 185 cm³/mol. The second kappa shape index (κ2) is 15.5. The number of hydrogen-bond acceptors (Lipinski definition) is 8. The molecule has 6 aromatic rings. The summed E-state index contributed by atoms with van der Waals surface area (Å²) in [6.45, 7) is 0.680. The number of anilines is 1. The Kier molecular flexibility index (Phi) is 10.7. The van der Waals surface area contributed by atoms with Crippen molar-refractivity contribution in [2.45, 2.75) is 24.9 Å². The number of para-hydroxylation sites is 1. The molecule has 2 unspecified atom stereocenters. The largest absolute Gasteiger partial charge is 0.472 e. The van der Waals surface area contributed by atoms with Gasteiger partial charge in [0.15, 0.2) is 0 Å². The molecular formula is C36H31Cl2FN6O5. The number of ether oxygens (including phenoxy) is 3. The zero-order valence-electron chi connectivity index (χ0n) is 26.9. The molecule has 14 heteroatoms. The van der Waals surface area contributed by atoms with Gasteiger partial charge in [-0.3, -0.25) is 4.84 Å². The molecule has 2 atom stereocenters. The van der Waals surface area contributed by atoms with E-state index in [1.807, 2.05) is 48.5 Å². The summed E-state index contributed by atoms with van der Waals surface area (Å²) in [5.41, 5.74) is 3.32. The van der Waals surface area contributed by atoms with E-state index in [2.05, 4.69) is 15.2 Å². The summed E-state index contributed by atoms with van der Waals surface area (Å²) in [7, 11) is 2.68. The summed E-state index contributed by atoms with van der Waals surface area (Å²) in [5.74, 6) is 0.168. The Morgan fingerprint density at radius 2 is 1.70 bits per heavy atom. The molecule has 0 saturated carbocycles. The molecule has 4 aromatic carbocycles. The first-order valence-electron chi connectivity index (χ1n) is 15.3. The van der Waals surface area contributed by atoms with Gasteiger partial charge < -0.3 is 14.2 Å². The molecule has 0 N–H and O–H groups in total.